The van der Waals surface area contributed by atoms with Crippen LogP contribution in [0.1, 0.15) is 36.4 Å². The molecule has 1 fully saturated rings. The van der Waals surface area contributed by atoms with Crippen molar-refractivity contribution in [2.75, 3.05) is 31.2 Å². The highest BCUT2D eigenvalue weighted by molar-refractivity contribution is 7.98. The van der Waals surface area contributed by atoms with Crippen LogP contribution in [-0.2, 0) is 16.1 Å². The Morgan fingerprint density at radius 3 is 2.27 bits per heavy atom. The predicted octanol–water partition coefficient (Wildman–Crippen LogP) is 6.24. The van der Waals surface area contributed by atoms with Gasteiger partial charge in [-0.2, -0.15) is 0 Å². The van der Waals surface area contributed by atoms with Crippen molar-refractivity contribution in [3.63, 3.8) is 0 Å². The van der Waals surface area contributed by atoms with Crippen LogP contribution in [-0.4, -0.2) is 46.4 Å². The lowest BCUT2D eigenvalue weighted by Crippen LogP contribution is -2.36. The summed E-state index contributed by atoms with van der Waals surface area (Å²) in [5, 5.41) is 11.2. The van der Waals surface area contributed by atoms with Gasteiger partial charge in [0.15, 0.2) is 5.16 Å². The van der Waals surface area contributed by atoms with Crippen molar-refractivity contribution < 1.29 is 9.84 Å². The number of hydrogen-bond acceptors (Lipinski definition) is 8. The molecular formula is C29H32N4O2S2. The van der Waals surface area contributed by atoms with E-state index < -0.39 is 5.60 Å². The lowest BCUT2D eigenvalue weighted by atomic mass is 9.97. The Labute approximate surface area is 226 Å². The number of morpholine rings is 1. The Hall–Kier alpha value is -2.78. The number of hydrogen-bond donors (Lipinski definition) is 1. The Kier molecular flexibility index (Phi) is 7.62. The van der Waals surface area contributed by atoms with Crippen LogP contribution in [0.15, 0.2) is 59.9 Å². The van der Waals surface area contributed by atoms with Crippen molar-refractivity contribution >= 4 is 28.9 Å². The summed E-state index contributed by atoms with van der Waals surface area (Å²) < 4.78 is 5.47. The van der Waals surface area contributed by atoms with Gasteiger partial charge in [0.25, 0.3) is 0 Å². The second kappa shape index (κ2) is 10.9. The quantitative estimate of drug-likeness (QED) is 0.223. The zero-order chi connectivity index (χ0) is 26.0. The Bertz CT molecular complexity index is 1340. The van der Waals surface area contributed by atoms with Gasteiger partial charge in [-0.1, -0.05) is 36.0 Å². The number of thioether (sulfide) groups is 1. The molecule has 1 aliphatic rings. The fraction of sp³-hybridized carbons (Fsp3) is 0.345. The maximum absolute atomic E-state index is 10.4. The van der Waals surface area contributed by atoms with Crippen molar-refractivity contribution in [3.05, 3.63) is 77.2 Å². The number of anilines is 1. The topological polar surface area (TPSA) is 71.4 Å². The van der Waals surface area contributed by atoms with Gasteiger partial charge in [0, 0.05) is 51.7 Å². The molecule has 0 unspecified atom stereocenters. The SMILES string of the molecule is Cc1cc(C)nc(SCc2cc(-c3ccc(N4CCOCC4)nc3)sc2-c2ccc(C(C)(C)O)cc2)n1. The Balaban J connectivity index is 1.45. The fourth-order valence-electron chi connectivity index (χ4n) is 4.36. The minimum Gasteiger partial charge on any atom is -0.386 e. The molecule has 0 radical (unpaired) electrons. The molecule has 37 heavy (non-hydrogen) atoms. The van der Waals surface area contributed by atoms with Crippen LogP contribution in [0.4, 0.5) is 5.82 Å². The lowest BCUT2D eigenvalue weighted by Gasteiger charge is -2.27. The zero-order valence-corrected chi connectivity index (χ0v) is 23.3. The van der Waals surface area contributed by atoms with Crippen LogP contribution in [0.25, 0.3) is 20.9 Å². The molecule has 4 heterocycles. The average molecular weight is 533 g/mol. The smallest absolute Gasteiger partial charge is 0.188 e. The normalized spacial score (nSPS) is 14.2. The van der Waals surface area contributed by atoms with E-state index >= 15 is 0 Å². The summed E-state index contributed by atoms with van der Waals surface area (Å²) in [5.41, 5.74) is 5.47. The molecule has 0 atom stereocenters. The highest BCUT2D eigenvalue weighted by Crippen LogP contribution is 2.41. The van der Waals surface area contributed by atoms with E-state index in [9.17, 15) is 5.11 Å². The second-order valence-electron chi connectivity index (χ2n) is 9.83. The molecule has 3 aromatic heterocycles. The molecule has 0 spiro atoms. The number of nitrogens with zero attached hydrogens (tertiary/aromatic N) is 4. The summed E-state index contributed by atoms with van der Waals surface area (Å²) in [6.07, 6.45) is 1.97. The number of aryl methyl sites for hydroxylation is 2. The molecule has 1 N–H and O–H groups in total. The van der Waals surface area contributed by atoms with Crippen LogP contribution in [0, 0.1) is 13.8 Å². The zero-order valence-electron chi connectivity index (χ0n) is 21.7. The van der Waals surface area contributed by atoms with Crippen molar-refractivity contribution in [2.45, 2.75) is 44.2 Å². The Morgan fingerprint density at radius 1 is 0.973 bits per heavy atom. The summed E-state index contributed by atoms with van der Waals surface area (Å²) in [5.74, 6) is 1.76. The van der Waals surface area contributed by atoms with Crippen molar-refractivity contribution in [1.29, 1.82) is 0 Å². The van der Waals surface area contributed by atoms with Crippen molar-refractivity contribution in [2.24, 2.45) is 0 Å². The highest BCUT2D eigenvalue weighted by Gasteiger charge is 2.18. The maximum atomic E-state index is 10.4. The number of ether oxygens (including phenoxy) is 1. The van der Waals surface area contributed by atoms with Crippen LogP contribution in [0.3, 0.4) is 0 Å². The van der Waals surface area contributed by atoms with Gasteiger partial charge >= 0.3 is 0 Å². The standard InChI is InChI=1S/C29H32N4O2S2/c1-19-15-20(2)32-28(31-19)36-18-23-16-25(22-7-10-26(30-17-22)33-11-13-35-14-12-33)37-27(23)21-5-8-24(9-6-21)29(3,4)34/h5-10,15-17,34H,11-14,18H2,1-4H3. The summed E-state index contributed by atoms with van der Waals surface area (Å²) in [6, 6.07) is 16.8. The number of rotatable bonds is 7. The first-order chi connectivity index (χ1) is 17.8. The van der Waals surface area contributed by atoms with Crippen LogP contribution in [0.2, 0.25) is 0 Å². The number of thiophene rings is 1. The molecule has 0 aliphatic carbocycles. The van der Waals surface area contributed by atoms with Gasteiger partial charge in [-0.3, -0.25) is 0 Å². The summed E-state index contributed by atoms with van der Waals surface area (Å²) in [6.45, 7) is 10.9. The van der Waals surface area contributed by atoms with Crippen molar-refractivity contribution in [1.82, 2.24) is 15.0 Å². The average Bonchev–Trinajstić information content (AvgIpc) is 3.31. The van der Waals surface area contributed by atoms with Gasteiger partial charge in [-0.25, -0.2) is 15.0 Å². The van der Waals surface area contributed by atoms with Gasteiger partial charge in [0.05, 0.1) is 18.8 Å². The third kappa shape index (κ3) is 6.21. The molecule has 6 nitrogen and oxygen atoms in total. The third-order valence-corrected chi connectivity index (χ3v) is 8.52. The predicted molar refractivity (Wildman–Crippen MR) is 152 cm³/mol. The van der Waals surface area contributed by atoms with Crippen LogP contribution >= 0.6 is 23.1 Å². The van der Waals surface area contributed by atoms with Gasteiger partial charge in [0.1, 0.15) is 5.82 Å². The molecular weight excluding hydrogens is 500 g/mol. The molecule has 192 valence electrons. The summed E-state index contributed by atoms with van der Waals surface area (Å²) in [4.78, 5) is 18.7. The van der Waals surface area contributed by atoms with E-state index in [0.717, 1.165) is 71.1 Å². The van der Waals surface area contributed by atoms with E-state index in [1.165, 1.54) is 15.3 Å². The van der Waals surface area contributed by atoms with E-state index in [2.05, 4.69) is 45.2 Å². The molecule has 8 heteroatoms. The van der Waals surface area contributed by atoms with Crippen LogP contribution < -0.4 is 4.90 Å². The molecule has 1 saturated heterocycles. The number of pyridine rings is 1. The monoisotopic (exact) mass is 532 g/mol. The first-order valence-electron chi connectivity index (χ1n) is 12.5. The second-order valence-corrected chi connectivity index (χ2v) is 11.8. The van der Waals surface area contributed by atoms with E-state index in [-0.39, 0.29) is 0 Å². The summed E-state index contributed by atoms with van der Waals surface area (Å²) in [7, 11) is 0. The maximum Gasteiger partial charge on any atom is 0.188 e. The van der Waals surface area contributed by atoms with Gasteiger partial charge < -0.3 is 14.7 Å². The van der Waals surface area contributed by atoms with Gasteiger partial charge in [0.2, 0.25) is 0 Å². The summed E-state index contributed by atoms with van der Waals surface area (Å²) >= 11 is 3.43. The molecule has 1 aromatic carbocycles. The first-order valence-corrected chi connectivity index (χ1v) is 14.3. The van der Waals surface area contributed by atoms with Gasteiger partial charge in [-0.05, 0) is 68.7 Å². The fourth-order valence-corrected chi connectivity index (χ4v) is 6.56. The molecule has 0 saturated carbocycles. The van der Waals surface area contributed by atoms with Crippen LogP contribution in [0.5, 0.6) is 0 Å². The molecule has 1 aliphatic heterocycles. The lowest BCUT2D eigenvalue weighted by molar-refractivity contribution is 0.0786. The van der Waals surface area contributed by atoms with Crippen molar-refractivity contribution in [3.8, 4) is 20.9 Å². The number of aromatic nitrogens is 3. The van der Waals surface area contributed by atoms with Gasteiger partial charge in [-0.15, -0.1) is 11.3 Å². The molecule has 4 aromatic rings. The van der Waals surface area contributed by atoms with E-state index in [1.807, 2.05) is 52.1 Å². The Morgan fingerprint density at radius 2 is 1.65 bits per heavy atom. The highest BCUT2D eigenvalue weighted by atomic mass is 32.2. The number of benzene rings is 1. The number of aliphatic hydroxyl groups is 1. The minimum atomic E-state index is -0.869. The van der Waals surface area contributed by atoms with E-state index in [0.29, 0.717) is 0 Å². The third-order valence-electron chi connectivity index (χ3n) is 6.35. The van der Waals surface area contributed by atoms with E-state index in [4.69, 9.17) is 9.72 Å². The molecule has 0 bridgehead atoms. The van der Waals surface area contributed by atoms with E-state index in [1.54, 1.807) is 23.1 Å². The minimum absolute atomic E-state index is 0.745. The first kappa shape index (κ1) is 25.9. The largest absolute Gasteiger partial charge is 0.386 e. The molecule has 5 rings (SSSR count). The molecule has 0 amide bonds.